The van der Waals surface area contributed by atoms with E-state index < -0.39 is 0 Å². The second kappa shape index (κ2) is 5.47. The Morgan fingerprint density at radius 2 is 2.00 bits per heavy atom. The van der Waals surface area contributed by atoms with E-state index in [-0.39, 0.29) is 0 Å². The number of furan rings is 1. The highest BCUT2D eigenvalue weighted by atomic mass is 16.3. The Bertz CT molecular complexity index is 683. The molecular formula is C17H18N2O. The zero-order chi connectivity index (χ0) is 13.9. The van der Waals surface area contributed by atoms with E-state index in [2.05, 4.69) is 42.3 Å². The molecule has 0 aliphatic rings. The molecular weight excluding hydrogens is 248 g/mol. The molecule has 0 saturated carbocycles. The number of pyridine rings is 1. The first-order valence-corrected chi connectivity index (χ1v) is 6.88. The number of hydrogen-bond acceptors (Lipinski definition) is 3. The van der Waals surface area contributed by atoms with Crippen molar-refractivity contribution < 1.29 is 4.42 Å². The number of hydrogen-bond donors (Lipinski definition) is 1. The van der Waals surface area contributed by atoms with Gasteiger partial charge in [-0.25, -0.2) is 0 Å². The van der Waals surface area contributed by atoms with Crippen molar-refractivity contribution in [2.75, 3.05) is 0 Å². The van der Waals surface area contributed by atoms with Gasteiger partial charge in [-0.05, 0) is 23.8 Å². The maximum absolute atomic E-state index is 5.87. The third-order valence-electron chi connectivity index (χ3n) is 3.22. The predicted octanol–water partition coefficient (Wildman–Crippen LogP) is 3.99. The highest BCUT2D eigenvalue weighted by Gasteiger charge is 2.07. The molecule has 2 heterocycles. The van der Waals surface area contributed by atoms with Gasteiger partial charge in [0.25, 0.3) is 0 Å². The number of rotatable bonds is 4. The highest BCUT2D eigenvalue weighted by Crippen LogP contribution is 2.27. The zero-order valence-corrected chi connectivity index (χ0v) is 11.8. The minimum atomic E-state index is 0.463. The molecule has 0 unspecified atom stereocenters. The lowest BCUT2D eigenvalue weighted by atomic mass is 10.1. The smallest absolute Gasteiger partial charge is 0.136 e. The van der Waals surface area contributed by atoms with Gasteiger partial charge in [0.2, 0.25) is 0 Å². The van der Waals surface area contributed by atoms with E-state index in [4.69, 9.17) is 4.42 Å². The van der Waals surface area contributed by atoms with Crippen molar-refractivity contribution in [1.82, 2.24) is 10.3 Å². The van der Waals surface area contributed by atoms with Crippen LogP contribution < -0.4 is 5.32 Å². The lowest BCUT2D eigenvalue weighted by Crippen LogP contribution is -2.21. The van der Waals surface area contributed by atoms with Crippen LogP contribution in [-0.2, 0) is 6.54 Å². The SMILES string of the molecule is CC(C)NCc1cncc(-c2cc3ccccc3o2)c1. The van der Waals surface area contributed by atoms with E-state index in [1.165, 1.54) is 0 Å². The first-order valence-electron chi connectivity index (χ1n) is 6.88. The van der Waals surface area contributed by atoms with Crippen molar-refractivity contribution in [3.05, 3.63) is 54.4 Å². The molecule has 0 radical (unpaired) electrons. The third-order valence-corrected chi connectivity index (χ3v) is 3.22. The summed E-state index contributed by atoms with van der Waals surface area (Å²) >= 11 is 0. The Hall–Kier alpha value is -2.13. The Balaban J connectivity index is 1.91. The van der Waals surface area contributed by atoms with Crippen molar-refractivity contribution in [2.24, 2.45) is 0 Å². The summed E-state index contributed by atoms with van der Waals surface area (Å²) in [6.07, 6.45) is 3.73. The van der Waals surface area contributed by atoms with E-state index in [0.29, 0.717) is 6.04 Å². The molecule has 3 rings (SSSR count). The average Bonchev–Trinajstić information content (AvgIpc) is 2.89. The van der Waals surface area contributed by atoms with E-state index >= 15 is 0 Å². The molecule has 0 amide bonds. The van der Waals surface area contributed by atoms with Crippen LogP contribution in [0.1, 0.15) is 19.4 Å². The molecule has 3 nitrogen and oxygen atoms in total. The maximum Gasteiger partial charge on any atom is 0.136 e. The minimum absolute atomic E-state index is 0.463. The van der Waals surface area contributed by atoms with Gasteiger partial charge in [0, 0.05) is 35.9 Å². The summed E-state index contributed by atoms with van der Waals surface area (Å²) in [5.41, 5.74) is 3.09. The number of nitrogens with one attached hydrogen (secondary N) is 1. The minimum Gasteiger partial charge on any atom is -0.456 e. The summed E-state index contributed by atoms with van der Waals surface area (Å²) in [5.74, 6) is 0.866. The Kier molecular flexibility index (Phi) is 3.52. The fourth-order valence-electron chi connectivity index (χ4n) is 2.17. The van der Waals surface area contributed by atoms with Gasteiger partial charge in [-0.3, -0.25) is 4.98 Å². The molecule has 0 saturated heterocycles. The van der Waals surface area contributed by atoms with Crippen LogP contribution in [0.15, 0.2) is 53.2 Å². The summed E-state index contributed by atoms with van der Waals surface area (Å²) in [5, 5.41) is 4.52. The first-order chi connectivity index (χ1) is 9.72. The van der Waals surface area contributed by atoms with Crippen molar-refractivity contribution >= 4 is 11.0 Å². The van der Waals surface area contributed by atoms with Crippen molar-refractivity contribution in [2.45, 2.75) is 26.4 Å². The molecule has 2 aromatic heterocycles. The summed E-state index contributed by atoms with van der Waals surface area (Å²) in [7, 11) is 0. The van der Waals surface area contributed by atoms with Gasteiger partial charge in [-0.2, -0.15) is 0 Å². The second-order valence-corrected chi connectivity index (χ2v) is 5.27. The largest absolute Gasteiger partial charge is 0.456 e. The van der Waals surface area contributed by atoms with Crippen molar-refractivity contribution in [3.8, 4) is 11.3 Å². The topological polar surface area (TPSA) is 38.1 Å². The maximum atomic E-state index is 5.87. The van der Waals surface area contributed by atoms with E-state index in [9.17, 15) is 0 Å². The average molecular weight is 266 g/mol. The third kappa shape index (κ3) is 2.73. The molecule has 1 N–H and O–H groups in total. The van der Waals surface area contributed by atoms with Crippen LogP contribution in [-0.4, -0.2) is 11.0 Å². The van der Waals surface area contributed by atoms with E-state index in [0.717, 1.165) is 34.4 Å². The number of benzene rings is 1. The van der Waals surface area contributed by atoms with Crippen LogP contribution in [0.3, 0.4) is 0 Å². The van der Waals surface area contributed by atoms with Gasteiger partial charge in [0.15, 0.2) is 0 Å². The standard InChI is InChI=1S/C17H18N2O/c1-12(2)19-10-13-7-15(11-18-9-13)17-8-14-5-3-4-6-16(14)20-17/h3-9,11-12,19H,10H2,1-2H3. The quantitative estimate of drug-likeness (QED) is 0.775. The van der Waals surface area contributed by atoms with Crippen LogP contribution in [0.4, 0.5) is 0 Å². The van der Waals surface area contributed by atoms with Gasteiger partial charge < -0.3 is 9.73 Å². The Morgan fingerprint density at radius 3 is 2.80 bits per heavy atom. The van der Waals surface area contributed by atoms with Gasteiger partial charge in [-0.1, -0.05) is 32.0 Å². The van der Waals surface area contributed by atoms with Crippen LogP contribution in [0.5, 0.6) is 0 Å². The molecule has 0 fully saturated rings. The summed E-state index contributed by atoms with van der Waals surface area (Å²) in [6, 6.07) is 12.7. The first kappa shape index (κ1) is 12.9. The monoisotopic (exact) mass is 266 g/mol. The molecule has 3 heteroatoms. The lowest BCUT2D eigenvalue weighted by Gasteiger charge is -2.08. The second-order valence-electron chi connectivity index (χ2n) is 5.27. The molecule has 20 heavy (non-hydrogen) atoms. The Labute approximate surface area is 118 Å². The summed E-state index contributed by atoms with van der Waals surface area (Å²) < 4.78 is 5.87. The van der Waals surface area contributed by atoms with Crippen LogP contribution in [0.25, 0.3) is 22.3 Å². The fraction of sp³-hybridized carbons (Fsp3) is 0.235. The van der Waals surface area contributed by atoms with Crippen molar-refractivity contribution in [3.63, 3.8) is 0 Å². The Morgan fingerprint density at radius 1 is 1.15 bits per heavy atom. The van der Waals surface area contributed by atoms with Crippen molar-refractivity contribution in [1.29, 1.82) is 0 Å². The molecule has 0 bridgehead atoms. The number of nitrogens with zero attached hydrogens (tertiary/aromatic N) is 1. The van der Waals surface area contributed by atoms with Crippen LogP contribution in [0, 0.1) is 0 Å². The molecule has 0 atom stereocenters. The summed E-state index contributed by atoms with van der Waals surface area (Å²) in [4.78, 5) is 4.31. The number of fused-ring (bicyclic) bond motifs is 1. The summed E-state index contributed by atoms with van der Waals surface area (Å²) in [6.45, 7) is 5.09. The van der Waals surface area contributed by atoms with Crippen LogP contribution in [0.2, 0.25) is 0 Å². The van der Waals surface area contributed by atoms with Gasteiger partial charge >= 0.3 is 0 Å². The van der Waals surface area contributed by atoms with Gasteiger partial charge in [0.05, 0.1) is 0 Å². The molecule has 0 aliphatic carbocycles. The van der Waals surface area contributed by atoms with Gasteiger partial charge in [0.1, 0.15) is 11.3 Å². The molecule has 102 valence electrons. The van der Waals surface area contributed by atoms with Gasteiger partial charge in [-0.15, -0.1) is 0 Å². The lowest BCUT2D eigenvalue weighted by molar-refractivity contribution is 0.587. The fourth-order valence-corrected chi connectivity index (χ4v) is 2.17. The predicted molar refractivity (Wildman–Crippen MR) is 81.4 cm³/mol. The molecule has 0 aliphatic heterocycles. The zero-order valence-electron chi connectivity index (χ0n) is 11.8. The normalized spacial score (nSPS) is 11.3. The molecule has 0 spiro atoms. The van der Waals surface area contributed by atoms with Crippen LogP contribution >= 0.6 is 0 Å². The van der Waals surface area contributed by atoms with E-state index in [1.54, 1.807) is 0 Å². The number of aromatic nitrogens is 1. The molecule has 3 aromatic rings. The number of para-hydroxylation sites is 1. The molecule has 1 aromatic carbocycles. The highest BCUT2D eigenvalue weighted by molar-refractivity contribution is 5.82. The van der Waals surface area contributed by atoms with E-state index in [1.807, 2.05) is 30.6 Å².